The van der Waals surface area contributed by atoms with Crippen LogP contribution >= 0.6 is 27.3 Å². The minimum absolute atomic E-state index is 0.0815. The zero-order chi connectivity index (χ0) is 14.2. The minimum atomic E-state index is -3.68. The lowest BCUT2D eigenvalue weighted by molar-refractivity contribution is -0.153. The van der Waals surface area contributed by atoms with Gasteiger partial charge in [0.2, 0.25) is 0 Å². The molecule has 19 heavy (non-hydrogen) atoms. The van der Waals surface area contributed by atoms with Crippen molar-refractivity contribution in [2.75, 3.05) is 19.7 Å². The van der Waals surface area contributed by atoms with E-state index in [1.54, 1.807) is 6.07 Å². The normalized spacial score (nSPS) is 21.5. The number of sulfonamides is 1. The molecule has 1 atom stereocenters. The predicted octanol–water partition coefficient (Wildman–Crippen LogP) is 1.29. The molecule has 0 aromatic carbocycles. The fraction of sp³-hybridized carbons (Fsp3) is 0.500. The summed E-state index contributed by atoms with van der Waals surface area (Å²) in [6.07, 6.45) is -1.11. The van der Waals surface area contributed by atoms with E-state index in [1.165, 1.54) is 0 Å². The molecule has 0 bridgehead atoms. The molecular formula is C10H12BrNO5S2. The number of carbonyl (C=O) groups is 1. The first kappa shape index (κ1) is 14.9. The van der Waals surface area contributed by atoms with E-state index < -0.39 is 22.1 Å². The Morgan fingerprint density at radius 1 is 1.63 bits per heavy atom. The van der Waals surface area contributed by atoms with Gasteiger partial charge in [0.05, 0.1) is 13.2 Å². The van der Waals surface area contributed by atoms with E-state index in [-0.39, 0.29) is 23.9 Å². The third-order valence-electron chi connectivity index (χ3n) is 2.66. The number of hydrogen-bond acceptors (Lipinski definition) is 5. The summed E-state index contributed by atoms with van der Waals surface area (Å²) >= 11 is 4.38. The molecule has 1 aliphatic heterocycles. The van der Waals surface area contributed by atoms with Crippen molar-refractivity contribution in [3.63, 3.8) is 0 Å². The quantitative estimate of drug-likeness (QED) is 0.867. The lowest BCUT2D eigenvalue weighted by Gasteiger charge is -2.29. The number of halogens is 1. The fourth-order valence-electron chi connectivity index (χ4n) is 1.75. The van der Waals surface area contributed by atoms with E-state index in [0.29, 0.717) is 4.47 Å². The highest BCUT2D eigenvalue weighted by molar-refractivity contribution is 9.10. The summed E-state index contributed by atoms with van der Waals surface area (Å²) in [7, 11) is -3.68. The number of carboxylic acids is 1. The molecule has 1 aromatic rings. The van der Waals surface area contributed by atoms with Gasteiger partial charge >= 0.3 is 5.97 Å². The van der Waals surface area contributed by atoms with E-state index in [0.717, 1.165) is 20.5 Å². The first-order chi connectivity index (χ1) is 8.82. The Morgan fingerprint density at radius 2 is 2.32 bits per heavy atom. The number of carboxylic acid groups (broad SMARTS) is 1. The Kier molecular flexibility index (Phi) is 4.31. The fourth-order valence-corrected chi connectivity index (χ4v) is 6.04. The molecule has 1 fully saturated rings. The van der Waals surface area contributed by atoms with Crippen molar-refractivity contribution in [3.8, 4) is 0 Å². The largest absolute Gasteiger partial charge is 0.479 e. The van der Waals surface area contributed by atoms with Crippen LogP contribution in [0.2, 0.25) is 0 Å². The maximum Gasteiger partial charge on any atom is 0.334 e. The summed E-state index contributed by atoms with van der Waals surface area (Å²) in [5, 5.41) is 8.90. The SMILES string of the molecule is Cc1cc(Br)c(S(=O)(=O)N2CCOC(C(=O)O)C2)s1. The first-order valence-corrected chi connectivity index (χ1v) is 8.48. The van der Waals surface area contributed by atoms with Crippen LogP contribution in [0.5, 0.6) is 0 Å². The predicted molar refractivity (Wildman–Crippen MR) is 72.9 cm³/mol. The molecule has 0 amide bonds. The molecule has 1 aromatic heterocycles. The van der Waals surface area contributed by atoms with Crippen LogP contribution in [0.4, 0.5) is 0 Å². The summed E-state index contributed by atoms with van der Waals surface area (Å²) in [5.74, 6) is -1.15. The van der Waals surface area contributed by atoms with Crippen molar-refractivity contribution in [3.05, 3.63) is 15.4 Å². The Morgan fingerprint density at radius 3 is 2.84 bits per heavy atom. The zero-order valence-corrected chi connectivity index (χ0v) is 13.2. The number of thiophene rings is 1. The van der Waals surface area contributed by atoms with Crippen LogP contribution < -0.4 is 0 Å². The van der Waals surface area contributed by atoms with Gasteiger partial charge in [0.15, 0.2) is 6.10 Å². The summed E-state index contributed by atoms with van der Waals surface area (Å²) in [6, 6.07) is 1.73. The van der Waals surface area contributed by atoms with Gasteiger partial charge in [-0.05, 0) is 28.9 Å². The van der Waals surface area contributed by atoms with Crippen LogP contribution in [0.25, 0.3) is 0 Å². The van der Waals surface area contributed by atoms with Gasteiger partial charge in [0.25, 0.3) is 10.0 Å². The van der Waals surface area contributed by atoms with Crippen molar-refractivity contribution in [2.45, 2.75) is 17.2 Å². The number of aryl methyl sites for hydroxylation is 1. The van der Waals surface area contributed by atoms with Gasteiger partial charge in [-0.15, -0.1) is 11.3 Å². The number of rotatable bonds is 3. The Hall–Kier alpha value is -0.480. The zero-order valence-electron chi connectivity index (χ0n) is 10.00. The lowest BCUT2D eigenvalue weighted by atomic mass is 10.3. The molecule has 1 N–H and O–H groups in total. The van der Waals surface area contributed by atoms with Crippen LogP contribution in [0.3, 0.4) is 0 Å². The number of ether oxygens (including phenoxy) is 1. The van der Waals surface area contributed by atoms with Crippen LogP contribution in [0.15, 0.2) is 14.7 Å². The van der Waals surface area contributed by atoms with E-state index >= 15 is 0 Å². The number of morpholine rings is 1. The van der Waals surface area contributed by atoms with E-state index in [1.807, 2.05) is 6.92 Å². The van der Waals surface area contributed by atoms with Crippen molar-refractivity contribution in [2.24, 2.45) is 0 Å². The van der Waals surface area contributed by atoms with Crippen LogP contribution in [-0.2, 0) is 19.6 Å². The van der Waals surface area contributed by atoms with Gasteiger partial charge in [0, 0.05) is 15.9 Å². The molecular weight excluding hydrogens is 358 g/mol. The van der Waals surface area contributed by atoms with Gasteiger partial charge in [-0.2, -0.15) is 4.31 Å². The number of hydrogen-bond donors (Lipinski definition) is 1. The molecule has 1 aliphatic rings. The summed E-state index contributed by atoms with van der Waals surface area (Å²) in [6.45, 7) is 1.89. The van der Waals surface area contributed by atoms with Gasteiger partial charge in [-0.3, -0.25) is 0 Å². The molecule has 0 aliphatic carbocycles. The average molecular weight is 370 g/mol. The first-order valence-electron chi connectivity index (χ1n) is 5.43. The Bertz CT molecular complexity index is 597. The molecule has 0 radical (unpaired) electrons. The monoisotopic (exact) mass is 369 g/mol. The molecule has 106 valence electrons. The van der Waals surface area contributed by atoms with E-state index in [2.05, 4.69) is 15.9 Å². The summed E-state index contributed by atoms with van der Waals surface area (Å²) < 4.78 is 31.8. The number of aliphatic carboxylic acids is 1. The van der Waals surface area contributed by atoms with Gasteiger partial charge in [-0.25, -0.2) is 13.2 Å². The molecule has 2 rings (SSSR count). The molecule has 0 saturated carbocycles. The summed E-state index contributed by atoms with van der Waals surface area (Å²) in [5.41, 5.74) is 0. The second-order valence-electron chi connectivity index (χ2n) is 4.05. The van der Waals surface area contributed by atoms with E-state index in [4.69, 9.17) is 9.84 Å². The lowest BCUT2D eigenvalue weighted by Crippen LogP contribution is -2.48. The van der Waals surface area contributed by atoms with Crippen molar-refractivity contribution in [1.82, 2.24) is 4.31 Å². The maximum absolute atomic E-state index is 12.4. The Labute approximate surface area is 123 Å². The second kappa shape index (κ2) is 5.49. The minimum Gasteiger partial charge on any atom is -0.479 e. The molecule has 1 saturated heterocycles. The van der Waals surface area contributed by atoms with Crippen molar-refractivity contribution in [1.29, 1.82) is 0 Å². The third kappa shape index (κ3) is 3.00. The highest BCUT2D eigenvalue weighted by Gasteiger charge is 2.35. The third-order valence-corrected chi connectivity index (χ3v) is 7.23. The van der Waals surface area contributed by atoms with Crippen molar-refractivity contribution >= 4 is 43.3 Å². The topological polar surface area (TPSA) is 83.9 Å². The summed E-state index contributed by atoms with van der Waals surface area (Å²) in [4.78, 5) is 11.8. The highest BCUT2D eigenvalue weighted by Crippen LogP contribution is 2.33. The highest BCUT2D eigenvalue weighted by atomic mass is 79.9. The smallest absolute Gasteiger partial charge is 0.334 e. The van der Waals surface area contributed by atoms with E-state index in [9.17, 15) is 13.2 Å². The molecule has 2 heterocycles. The van der Waals surface area contributed by atoms with Crippen LogP contribution in [0.1, 0.15) is 4.88 Å². The second-order valence-corrected chi connectivity index (χ2v) is 8.30. The molecule has 0 spiro atoms. The van der Waals surface area contributed by atoms with Gasteiger partial charge in [-0.1, -0.05) is 0 Å². The van der Waals surface area contributed by atoms with Gasteiger partial charge in [0.1, 0.15) is 4.21 Å². The van der Waals surface area contributed by atoms with Crippen LogP contribution in [-0.4, -0.2) is 49.6 Å². The average Bonchev–Trinajstić information content (AvgIpc) is 2.69. The molecule has 1 unspecified atom stereocenters. The Balaban J connectivity index is 2.29. The molecule has 9 heteroatoms. The number of nitrogens with zero attached hydrogens (tertiary/aromatic N) is 1. The molecule has 6 nitrogen and oxygen atoms in total. The van der Waals surface area contributed by atoms with Crippen molar-refractivity contribution < 1.29 is 23.1 Å². The van der Waals surface area contributed by atoms with Gasteiger partial charge < -0.3 is 9.84 Å². The maximum atomic E-state index is 12.4. The van der Waals surface area contributed by atoms with Crippen LogP contribution in [0, 0.1) is 6.92 Å². The standard InChI is InChI=1S/C10H12BrNO5S2/c1-6-4-7(11)10(18-6)19(15,16)12-2-3-17-8(5-12)9(13)14/h4,8H,2-3,5H2,1H3,(H,13,14).